The maximum absolute atomic E-state index is 12.1. The number of pyridine rings is 1. The number of rotatable bonds is 5. The average molecular weight is 331 g/mol. The van der Waals surface area contributed by atoms with Gasteiger partial charge in [0.2, 0.25) is 5.91 Å². The van der Waals surface area contributed by atoms with Gasteiger partial charge in [0.15, 0.2) is 11.4 Å². The molecule has 0 radical (unpaired) electrons. The van der Waals surface area contributed by atoms with Gasteiger partial charge >= 0.3 is 0 Å². The maximum Gasteiger partial charge on any atom is 0.297 e. The summed E-state index contributed by atoms with van der Waals surface area (Å²) >= 11 is 0. The van der Waals surface area contributed by atoms with Crippen LogP contribution in [0, 0.1) is 6.92 Å². The molecule has 24 heavy (non-hydrogen) atoms. The first-order chi connectivity index (χ1) is 11.5. The van der Waals surface area contributed by atoms with Gasteiger partial charge in [-0.25, -0.2) is 10.5 Å². The van der Waals surface area contributed by atoms with Crippen LogP contribution in [0.15, 0.2) is 30.5 Å². The number of nitrogens with one attached hydrogen (secondary N) is 2. The van der Waals surface area contributed by atoms with Gasteiger partial charge in [-0.3, -0.25) is 14.8 Å². The highest BCUT2D eigenvalue weighted by Crippen LogP contribution is 2.28. The number of aryl methyl sites for hydroxylation is 1. The van der Waals surface area contributed by atoms with Crippen LogP contribution in [0.5, 0.6) is 5.75 Å². The smallest absolute Gasteiger partial charge is 0.297 e. The second-order valence-corrected chi connectivity index (χ2v) is 5.16. The summed E-state index contributed by atoms with van der Waals surface area (Å²) in [5.74, 6) is -2.01. The number of aliphatic hydroxyl groups is 1. The van der Waals surface area contributed by atoms with Crippen LogP contribution in [-0.4, -0.2) is 32.2 Å². The van der Waals surface area contributed by atoms with E-state index < -0.39 is 24.0 Å². The highest BCUT2D eigenvalue weighted by Gasteiger charge is 2.19. The van der Waals surface area contributed by atoms with Crippen molar-refractivity contribution in [2.45, 2.75) is 20.0 Å². The van der Waals surface area contributed by atoms with Gasteiger partial charge in [-0.15, -0.1) is 0 Å². The van der Waals surface area contributed by atoms with Crippen molar-refractivity contribution < 1.29 is 25.0 Å². The van der Waals surface area contributed by atoms with E-state index in [2.05, 4.69) is 10.3 Å². The Balaban J connectivity index is 2.19. The molecule has 0 bridgehead atoms. The first-order valence-corrected chi connectivity index (χ1v) is 7.07. The van der Waals surface area contributed by atoms with Crippen molar-refractivity contribution in [3.8, 4) is 5.75 Å². The molecule has 0 aliphatic carbocycles. The zero-order valence-electron chi connectivity index (χ0n) is 12.9. The summed E-state index contributed by atoms with van der Waals surface area (Å²) in [6, 6.07) is 7.42. The first-order valence-electron chi connectivity index (χ1n) is 7.07. The Morgan fingerprint density at radius 1 is 1.21 bits per heavy atom. The Hall–Kier alpha value is -2.97. The van der Waals surface area contributed by atoms with E-state index in [0.29, 0.717) is 0 Å². The van der Waals surface area contributed by atoms with Crippen LogP contribution in [0.2, 0.25) is 0 Å². The van der Waals surface area contributed by atoms with Crippen molar-refractivity contribution in [2.75, 3.05) is 5.32 Å². The van der Waals surface area contributed by atoms with Crippen molar-refractivity contribution in [2.24, 2.45) is 0 Å². The fraction of sp³-hybridized carbons (Fsp3) is 0.188. The number of aromatic nitrogens is 1. The number of aromatic hydroxyl groups is 1. The first kappa shape index (κ1) is 17.4. The van der Waals surface area contributed by atoms with E-state index in [1.807, 2.05) is 31.2 Å². The summed E-state index contributed by atoms with van der Waals surface area (Å²) in [5.41, 5.74) is 2.78. The van der Waals surface area contributed by atoms with Crippen LogP contribution in [0.4, 0.5) is 5.69 Å². The molecule has 8 heteroatoms. The fourth-order valence-electron chi connectivity index (χ4n) is 2.11. The lowest BCUT2D eigenvalue weighted by molar-refractivity contribution is -0.115. The second kappa shape index (κ2) is 7.53. The summed E-state index contributed by atoms with van der Waals surface area (Å²) in [4.78, 5) is 27.1. The topological polar surface area (TPSA) is 132 Å². The summed E-state index contributed by atoms with van der Waals surface area (Å²) in [7, 11) is 0. The number of benzene rings is 1. The van der Waals surface area contributed by atoms with Crippen LogP contribution in [0.25, 0.3) is 0 Å². The van der Waals surface area contributed by atoms with E-state index in [9.17, 15) is 19.8 Å². The number of hydrogen-bond acceptors (Lipinski definition) is 6. The van der Waals surface area contributed by atoms with Gasteiger partial charge in [-0.05, 0) is 12.5 Å². The van der Waals surface area contributed by atoms with Gasteiger partial charge in [-0.2, -0.15) is 0 Å². The van der Waals surface area contributed by atoms with Crippen LogP contribution in [0.3, 0.4) is 0 Å². The van der Waals surface area contributed by atoms with E-state index in [1.165, 1.54) is 5.48 Å². The van der Waals surface area contributed by atoms with Gasteiger partial charge in [0.05, 0.1) is 24.9 Å². The predicted molar refractivity (Wildman–Crippen MR) is 84.6 cm³/mol. The molecule has 1 aromatic heterocycles. The normalized spacial score (nSPS) is 10.3. The molecule has 0 saturated carbocycles. The van der Waals surface area contributed by atoms with Crippen molar-refractivity contribution in [1.82, 2.24) is 10.5 Å². The molecule has 1 aromatic carbocycles. The molecule has 0 spiro atoms. The molecule has 8 nitrogen and oxygen atoms in total. The van der Waals surface area contributed by atoms with E-state index in [1.54, 1.807) is 0 Å². The van der Waals surface area contributed by atoms with Crippen molar-refractivity contribution in [1.29, 1.82) is 0 Å². The van der Waals surface area contributed by atoms with Crippen molar-refractivity contribution in [3.63, 3.8) is 0 Å². The van der Waals surface area contributed by atoms with E-state index in [4.69, 9.17) is 5.21 Å². The lowest BCUT2D eigenvalue weighted by Gasteiger charge is -2.13. The molecule has 126 valence electrons. The third kappa shape index (κ3) is 3.86. The molecule has 2 rings (SSSR count). The van der Waals surface area contributed by atoms with Gasteiger partial charge in [0.25, 0.3) is 5.91 Å². The third-order valence-corrected chi connectivity index (χ3v) is 3.39. The third-order valence-electron chi connectivity index (χ3n) is 3.39. The molecule has 1 heterocycles. The molecule has 0 aliphatic heterocycles. The van der Waals surface area contributed by atoms with Crippen LogP contribution in [-0.2, 0) is 17.8 Å². The lowest BCUT2D eigenvalue weighted by Crippen LogP contribution is -2.21. The van der Waals surface area contributed by atoms with Gasteiger partial charge in [0.1, 0.15) is 0 Å². The Bertz CT molecular complexity index is 759. The maximum atomic E-state index is 12.1. The van der Waals surface area contributed by atoms with Crippen molar-refractivity contribution in [3.05, 3.63) is 52.8 Å². The molecular formula is C16H17N3O5. The lowest BCUT2D eigenvalue weighted by atomic mass is 10.1. The number of aliphatic hydroxyl groups excluding tert-OH is 1. The molecular weight excluding hydrogens is 314 g/mol. The standard InChI is InChI=1S/C16H17N3O5/c1-9-2-4-10(5-3-9)6-13(21)18-12-7-17-14(16(23)19-24)15(22)11(12)8-20/h2-5,7,20,22,24H,6,8H2,1H3,(H,18,21)(H,19,23). The largest absolute Gasteiger partial charge is 0.505 e. The zero-order valence-corrected chi connectivity index (χ0v) is 12.9. The summed E-state index contributed by atoms with van der Waals surface area (Å²) < 4.78 is 0. The van der Waals surface area contributed by atoms with Crippen LogP contribution >= 0.6 is 0 Å². The number of anilines is 1. The molecule has 0 fully saturated rings. The van der Waals surface area contributed by atoms with Gasteiger partial charge in [0, 0.05) is 5.56 Å². The highest BCUT2D eigenvalue weighted by molar-refractivity contribution is 5.97. The minimum atomic E-state index is -1.03. The number of nitrogens with zero attached hydrogens (tertiary/aromatic N) is 1. The van der Waals surface area contributed by atoms with E-state index in [0.717, 1.165) is 17.3 Å². The Morgan fingerprint density at radius 2 is 1.88 bits per heavy atom. The van der Waals surface area contributed by atoms with Crippen LogP contribution < -0.4 is 10.8 Å². The molecule has 2 amide bonds. The molecule has 0 aliphatic rings. The number of hydrogen-bond donors (Lipinski definition) is 5. The summed E-state index contributed by atoms with van der Waals surface area (Å²) in [5, 5.41) is 30.5. The number of amides is 2. The average Bonchev–Trinajstić information content (AvgIpc) is 2.56. The predicted octanol–water partition coefficient (Wildman–Crippen LogP) is 0.888. The van der Waals surface area contributed by atoms with Crippen LogP contribution in [0.1, 0.15) is 27.2 Å². The van der Waals surface area contributed by atoms with Gasteiger partial charge in [-0.1, -0.05) is 29.8 Å². The van der Waals surface area contributed by atoms with Gasteiger partial charge < -0.3 is 15.5 Å². The van der Waals surface area contributed by atoms with E-state index in [-0.39, 0.29) is 23.6 Å². The Kier molecular flexibility index (Phi) is 5.46. The molecule has 0 unspecified atom stereocenters. The zero-order chi connectivity index (χ0) is 17.7. The molecule has 0 atom stereocenters. The quantitative estimate of drug-likeness (QED) is 0.408. The SMILES string of the molecule is Cc1ccc(CC(=O)Nc2cnc(C(=O)NO)c(O)c2CO)cc1. The fourth-order valence-corrected chi connectivity index (χ4v) is 2.11. The minimum absolute atomic E-state index is 0.0687. The number of carbonyl (C=O) groups is 2. The Morgan fingerprint density at radius 3 is 2.46 bits per heavy atom. The summed E-state index contributed by atoms with van der Waals surface area (Å²) in [6.45, 7) is 1.32. The second-order valence-electron chi connectivity index (χ2n) is 5.16. The molecule has 2 aromatic rings. The number of carbonyl (C=O) groups excluding carboxylic acids is 2. The van der Waals surface area contributed by atoms with Crippen molar-refractivity contribution >= 4 is 17.5 Å². The highest BCUT2D eigenvalue weighted by atomic mass is 16.5. The summed E-state index contributed by atoms with van der Waals surface area (Å²) in [6.07, 6.45) is 1.23. The number of hydroxylamine groups is 1. The van der Waals surface area contributed by atoms with E-state index >= 15 is 0 Å². The monoisotopic (exact) mass is 331 g/mol. The molecule has 5 N–H and O–H groups in total. The Labute approximate surface area is 137 Å². The molecule has 0 saturated heterocycles. The minimum Gasteiger partial charge on any atom is -0.505 e.